The maximum Gasteiger partial charge on any atom is 0.306 e. The molecular weight excluding hydrogens is 1800 g/mol. The Morgan fingerprint density at radius 2 is 0.713 bits per heavy atom. The second kappa shape index (κ2) is 35.2. The number of thiazole rings is 1. The average Bonchev–Trinajstić information content (AvgIpc) is 1.62. The molecule has 0 radical (unpaired) electrons. The van der Waals surface area contributed by atoms with Crippen molar-refractivity contribution in [1.82, 2.24) is 32.9 Å². The fraction of sp³-hybridized carbons (Fsp3) is 0.603. The molecule has 10 fully saturated rings. The van der Waals surface area contributed by atoms with Gasteiger partial charge < -0.3 is 39.0 Å². The van der Waals surface area contributed by atoms with Crippen LogP contribution in [0.5, 0.6) is 0 Å². The Labute approximate surface area is 855 Å². The predicted octanol–water partition coefficient (Wildman–Crippen LogP) is 30.2. The lowest BCUT2D eigenvalue weighted by Crippen LogP contribution is -2.49. The minimum Gasteiger partial charge on any atom is -0.432 e. The van der Waals surface area contributed by atoms with Crippen LogP contribution in [0.1, 0.15) is 329 Å². The number of imidazole rings is 2. The second-order valence-corrected chi connectivity index (χ2v) is 53.3. The minimum atomic E-state index is -0.126. The highest BCUT2D eigenvalue weighted by atomic mass is 32.1. The molecule has 20 aliphatic rings. The Bertz CT molecular complexity index is 6400. The fourth-order valence-electron chi connectivity index (χ4n) is 38.0. The zero-order valence-corrected chi connectivity index (χ0v) is 87.5. The minimum absolute atomic E-state index is 0. The summed E-state index contributed by atoms with van der Waals surface area (Å²) in [5.41, 5.74) is 25.1. The van der Waals surface area contributed by atoms with Gasteiger partial charge in [0.25, 0.3) is 0 Å². The number of hydrogen-bond acceptors (Lipinski definition) is 14. The van der Waals surface area contributed by atoms with E-state index in [1.54, 1.807) is 74.4 Å². The first-order chi connectivity index (χ1) is 68.5. The molecule has 10 saturated carbocycles. The quantitative estimate of drug-likeness (QED) is 0.102. The Morgan fingerprint density at radius 3 is 1.16 bits per heavy atom. The Morgan fingerprint density at radius 1 is 0.343 bits per heavy atom. The van der Waals surface area contributed by atoms with Gasteiger partial charge in [0.05, 0.1) is 75.9 Å². The lowest BCUT2D eigenvalue weighted by Gasteiger charge is -2.57. The Hall–Kier alpha value is -8.26. The maximum absolute atomic E-state index is 10.2. The predicted molar refractivity (Wildman–Crippen MR) is 576 cm³/mol. The number of hydrogen-bond donors (Lipinski definition) is 5. The van der Waals surface area contributed by atoms with Gasteiger partial charge in [0.15, 0.2) is 10.7 Å². The van der Waals surface area contributed by atoms with Crippen molar-refractivity contribution in [2.45, 2.75) is 332 Å². The third-order valence-electron chi connectivity index (χ3n) is 45.9. The molecule has 143 heavy (non-hydrogen) atoms. The highest BCUT2D eigenvalue weighted by Gasteiger charge is 2.65. The van der Waals surface area contributed by atoms with Gasteiger partial charge in [0, 0.05) is 40.2 Å². The molecule has 0 aliphatic heterocycles. The maximum atomic E-state index is 10.2. The van der Waals surface area contributed by atoms with Crippen molar-refractivity contribution >= 4 is 88.9 Å². The van der Waals surface area contributed by atoms with Gasteiger partial charge in [-0.05, 0) is 432 Å². The van der Waals surface area contributed by atoms with Gasteiger partial charge in [0.2, 0.25) is 0 Å². The molecule has 756 valence electrons. The first-order valence-corrected chi connectivity index (χ1v) is 57.7. The topological polar surface area (TPSA) is 205 Å². The molecule has 15 unspecified atom stereocenters. The van der Waals surface area contributed by atoms with Gasteiger partial charge in [-0.3, -0.25) is 8.80 Å². The molecule has 0 saturated heterocycles. The summed E-state index contributed by atoms with van der Waals surface area (Å²) in [6.07, 6.45) is 76.5. The van der Waals surface area contributed by atoms with Crippen molar-refractivity contribution in [3.8, 4) is 0 Å². The van der Waals surface area contributed by atoms with Crippen LogP contribution in [0.3, 0.4) is 0 Å². The van der Waals surface area contributed by atoms with E-state index in [2.05, 4.69) is 220 Å². The van der Waals surface area contributed by atoms with E-state index >= 15 is 0 Å². The molecule has 20 aliphatic carbocycles. The summed E-state index contributed by atoms with van der Waals surface area (Å²) >= 11 is 3.43. The summed E-state index contributed by atoms with van der Waals surface area (Å²) in [5.74, 6) is 13.0. The van der Waals surface area contributed by atoms with Crippen LogP contribution in [0.4, 0.5) is 0 Å². The number of rotatable bonds is 5. The smallest absolute Gasteiger partial charge is 0.306 e. The molecule has 5 N–H and O–H groups in total. The van der Waals surface area contributed by atoms with Gasteiger partial charge in [-0.15, -0.1) is 11.3 Å². The van der Waals surface area contributed by atoms with Crippen molar-refractivity contribution in [3.63, 3.8) is 0 Å². The summed E-state index contributed by atoms with van der Waals surface area (Å²) in [5, 5.41) is 60.0. The first kappa shape index (κ1) is 95.6. The third kappa shape index (κ3) is 14.6. The van der Waals surface area contributed by atoms with Crippen LogP contribution in [0.25, 0.3) is 66.0 Å². The first-order valence-electron chi connectivity index (χ1n) is 56.0. The van der Waals surface area contributed by atoms with E-state index in [0.717, 1.165) is 199 Å². The van der Waals surface area contributed by atoms with Gasteiger partial charge in [-0.1, -0.05) is 201 Å². The second-order valence-electron chi connectivity index (χ2n) is 51.6. The molecular formula is C126H157N7O8S2. The molecule has 8 aromatic heterocycles. The van der Waals surface area contributed by atoms with E-state index in [1.165, 1.54) is 179 Å². The number of allylic oxidation sites excluding steroid dienone is 15. The Balaban J connectivity index is 0.0000000936. The van der Waals surface area contributed by atoms with Crippen molar-refractivity contribution in [2.24, 2.45) is 143 Å². The number of benzene rings is 2. The molecule has 0 spiro atoms. The number of nitrogens with zero attached hydrogens (tertiary/aromatic N) is 7. The van der Waals surface area contributed by atoms with Crippen LogP contribution in [0.2, 0.25) is 0 Å². The molecule has 15 nitrogen and oxygen atoms in total. The third-order valence-corrected chi connectivity index (χ3v) is 47.6. The fourth-order valence-corrected chi connectivity index (χ4v) is 39.7. The molecule has 30 atom stereocenters. The highest BCUT2D eigenvalue weighted by molar-refractivity contribution is 7.15. The molecule has 17 heteroatoms. The van der Waals surface area contributed by atoms with Crippen molar-refractivity contribution < 1.29 is 39.0 Å². The van der Waals surface area contributed by atoms with E-state index in [1.807, 2.05) is 35.2 Å². The van der Waals surface area contributed by atoms with Crippen LogP contribution in [0, 0.1) is 143 Å². The number of aliphatic hydroxyl groups is 5. The molecule has 8 heterocycles. The summed E-state index contributed by atoms with van der Waals surface area (Å²) in [4.78, 5) is 11.6. The summed E-state index contributed by atoms with van der Waals surface area (Å²) in [6, 6.07) is 23.4. The van der Waals surface area contributed by atoms with Crippen molar-refractivity contribution in [1.29, 1.82) is 0 Å². The lowest BCUT2D eigenvalue weighted by molar-refractivity contribution is -0.0241. The summed E-state index contributed by atoms with van der Waals surface area (Å²) in [7, 11) is 0. The molecule has 0 bridgehead atoms. The number of oxazole rings is 1. The van der Waals surface area contributed by atoms with E-state index in [-0.39, 0.29) is 65.0 Å². The van der Waals surface area contributed by atoms with Crippen LogP contribution in [-0.2, 0) is 0 Å². The zero-order valence-electron chi connectivity index (χ0n) is 85.9. The highest BCUT2D eigenvalue weighted by Crippen LogP contribution is 2.74. The summed E-state index contributed by atoms with van der Waals surface area (Å²) < 4.78 is 28.3. The van der Waals surface area contributed by atoms with Gasteiger partial charge in [-0.2, -0.15) is 8.95 Å². The van der Waals surface area contributed by atoms with Gasteiger partial charge >= 0.3 is 5.84 Å². The normalized spacial score (nSPS) is 41.8. The van der Waals surface area contributed by atoms with Crippen molar-refractivity contribution in [2.75, 3.05) is 0 Å². The van der Waals surface area contributed by atoms with Gasteiger partial charge in [-0.25, -0.2) is 9.97 Å². The molecule has 0 amide bonds. The number of aromatic nitrogens is 7. The van der Waals surface area contributed by atoms with Crippen LogP contribution in [-0.4, -0.2) is 88.9 Å². The zero-order chi connectivity index (χ0) is 96.9. The molecule has 30 rings (SSSR count). The van der Waals surface area contributed by atoms with E-state index in [4.69, 9.17) is 17.8 Å². The Kier molecular flexibility index (Phi) is 23.5. The van der Waals surface area contributed by atoms with Crippen molar-refractivity contribution in [3.05, 3.63) is 226 Å². The average molecular weight is 1960 g/mol. The van der Waals surface area contributed by atoms with Crippen LogP contribution < -0.4 is 0 Å². The van der Waals surface area contributed by atoms with Crippen LogP contribution in [0.15, 0.2) is 212 Å². The van der Waals surface area contributed by atoms with E-state index in [9.17, 15) is 25.5 Å². The van der Waals surface area contributed by atoms with Gasteiger partial charge in [0.1, 0.15) is 18.0 Å². The SMILES string of the molecule is C.C[C@]12CC[C@H](O)CC1=CCC1C2CC[C@]2(C)C(c3ccc4ccon34)=CCC12.C[C@]12CC[C@H](O)CC1=CCC1C2CC[C@]2(C)C(c3cnc4occn34)=CCC12.C[C@]12CC[C@H](O)CC1=CCC1C2CC[C@]2(C)C(c3cnc4sccn34)=CCC12.C[C@]12CC[C@H](O)CC1=CCC1C2CC[C@]2(C)C(c3onc4ccccc34)=CCC12.C[C@]12CC[C@H](O)CC1=CCC1C2CC[C@]2(C)C(c3snc4ccccc34)=CCC12. The monoisotopic (exact) mass is 1960 g/mol. The standard InChI is InChI=1S/C26H31NO2.C26H31NOS.C25H31NO2.C24H30N2O2.C24H30N2OS.CH4/c2*1-25-13-11-17(28)15-16(25)7-8-18-20-9-10-22(26(20,2)14-12-21(18)25)24-19-5-3-4-6-23(19)27-29-24;1-24-12-9-18(27)15-16(24)3-5-19-20-6-7-22(25(20,2)13-10-21(19)24)23-8-4-17-11-14-28-26(17)23;2*1-23-9-7-16(27)13-15(23)3-4-17-18-5-6-20(24(18,2)10-8-19(17)23)21-14-25-22-26(21)11-12-28-22;/h2*3-7,10,17-18,20-21,28H,8-9,11-15H2,1-2H3;3-4,7-8,11,14,18-21,27H,5-6,9-10,12-13,15H2,1-2H3;2*3,6,11-12,14,16-19,27H,4-5,7-10,13H2,1-2H3;1H4/t2*17-,18?,20?,21?,25-,26-;18-,19?,20?,21?,24-,25-;2*16-,17?,18?,19?,23-,24-;/m00000./s1. The largest absolute Gasteiger partial charge is 0.432 e. The number of aliphatic hydroxyl groups excluding tert-OH is 5. The molecule has 10 aromatic rings. The lowest BCUT2D eigenvalue weighted by atomic mass is 9.47. The summed E-state index contributed by atoms with van der Waals surface area (Å²) in [6.45, 7) is 25.1. The molecule has 2 aromatic carbocycles. The van der Waals surface area contributed by atoms with E-state index in [0.29, 0.717) is 44.8 Å². The van der Waals surface area contributed by atoms with Crippen LogP contribution >= 0.6 is 22.9 Å². The number of fused-ring (bicyclic) bond motifs is 30. The van der Waals surface area contributed by atoms with E-state index < -0.39 is 0 Å².